The van der Waals surface area contributed by atoms with E-state index in [9.17, 15) is 0 Å². The van der Waals surface area contributed by atoms with E-state index in [-0.39, 0.29) is 6.04 Å². The van der Waals surface area contributed by atoms with Gasteiger partial charge in [0.15, 0.2) is 5.82 Å². The third-order valence-corrected chi connectivity index (χ3v) is 1.84. The van der Waals surface area contributed by atoms with Crippen molar-refractivity contribution >= 4 is 17.7 Å². The van der Waals surface area contributed by atoms with Gasteiger partial charge in [0.1, 0.15) is 12.0 Å². The topological polar surface area (TPSA) is 76.2 Å². The standard InChI is InChI=1S/C7H9N5/c1-9-4-2-10-6-5(4)11-3-12-7(6)8/h2-4,9H,1H3,(H2,8,11,12). The van der Waals surface area contributed by atoms with Crippen molar-refractivity contribution < 1.29 is 0 Å². The highest BCUT2D eigenvalue weighted by molar-refractivity contribution is 5.82. The number of anilines is 1. The lowest BCUT2D eigenvalue weighted by molar-refractivity contribution is 0.749. The fourth-order valence-corrected chi connectivity index (χ4v) is 1.20. The fourth-order valence-electron chi connectivity index (χ4n) is 1.20. The van der Waals surface area contributed by atoms with Crippen molar-refractivity contribution in [3.05, 3.63) is 12.0 Å². The number of rotatable bonds is 1. The van der Waals surface area contributed by atoms with Gasteiger partial charge in [-0.25, -0.2) is 9.97 Å². The summed E-state index contributed by atoms with van der Waals surface area (Å²) in [7, 11) is 1.85. The van der Waals surface area contributed by atoms with Gasteiger partial charge in [0, 0.05) is 6.21 Å². The molecule has 1 atom stereocenters. The average Bonchev–Trinajstić information content (AvgIpc) is 2.49. The molecule has 0 saturated carbocycles. The number of nitrogens with one attached hydrogen (secondary N) is 1. The van der Waals surface area contributed by atoms with Crippen molar-refractivity contribution in [2.75, 3.05) is 12.8 Å². The highest BCUT2D eigenvalue weighted by atomic mass is 15.0. The molecule has 0 bridgehead atoms. The second-order valence-electron chi connectivity index (χ2n) is 2.54. The predicted molar refractivity (Wildman–Crippen MR) is 46.4 cm³/mol. The summed E-state index contributed by atoms with van der Waals surface area (Å²) in [6.45, 7) is 0. The van der Waals surface area contributed by atoms with E-state index >= 15 is 0 Å². The molecule has 2 heterocycles. The zero-order chi connectivity index (χ0) is 8.55. The highest BCUT2D eigenvalue weighted by Crippen LogP contribution is 2.31. The maximum atomic E-state index is 5.60. The molecule has 3 N–H and O–H groups in total. The van der Waals surface area contributed by atoms with Gasteiger partial charge < -0.3 is 11.1 Å². The number of hydrogen-bond donors (Lipinski definition) is 2. The Hall–Kier alpha value is -1.49. The summed E-state index contributed by atoms with van der Waals surface area (Å²) in [6, 6.07) is 0.0744. The Bertz CT molecular complexity index is 333. The van der Waals surface area contributed by atoms with E-state index in [1.54, 1.807) is 6.21 Å². The Labute approximate surface area is 69.7 Å². The largest absolute Gasteiger partial charge is 0.382 e. The lowest BCUT2D eigenvalue weighted by Crippen LogP contribution is -2.16. The summed E-state index contributed by atoms with van der Waals surface area (Å²) in [5, 5.41) is 3.05. The summed E-state index contributed by atoms with van der Waals surface area (Å²) in [5.74, 6) is 0.439. The van der Waals surface area contributed by atoms with Crippen LogP contribution in [0.3, 0.4) is 0 Å². The molecule has 0 amide bonds. The van der Waals surface area contributed by atoms with Crippen LogP contribution in [0, 0.1) is 0 Å². The van der Waals surface area contributed by atoms with Crippen molar-refractivity contribution in [1.29, 1.82) is 0 Å². The molecule has 0 fully saturated rings. The van der Waals surface area contributed by atoms with Gasteiger partial charge >= 0.3 is 0 Å². The Morgan fingerprint density at radius 3 is 3.08 bits per heavy atom. The molecule has 2 rings (SSSR count). The van der Waals surface area contributed by atoms with Crippen molar-refractivity contribution in [3.63, 3.8) is 0 Å². The minimum absolute atomic E-state index is 0.0744. The van der Waals surface area contributed by atoms with E-state index in [1.165, 1.54) is 6.33 Å². The monoisotopic (exact) mass is 163 g/mol. The third-order valence-electron chi connectivity index (χ3n) is 1.84. The van der Waals surface area contributed by atoms with Gasteiger partial charge in [0.25, 0.3) is 0 Å². The minimum atomic E-state index is 0.0744. The normalized spacial score (nSPS) is 19.6. The molecule has 0 spiro atoms. The molecule has 1 aliphatic heterocycles. The van der Waals surface area contributed by atoms with Crippen LogP contribution >= 0.6 is 0 Å². The maximum Gasteiger partial charge on any atom is 0.153 e. The second-order valence-corrected chi connectivity index (χ2v) is 2.54. The van der Waals surface area contributed by atoms with Crippen molar-refractivity contribution in [2.45, 2.75) is 6.04 Å². The van der Waals surface area contributed by atoms with Gasteiger partial charge in [-0.05, 0) is 7.05 Å². The molecule has 1 unspecified atom stereocenters. The first-order chi connectivity index (χ1) is 5.83. The first-order valence-electron chi connectivity index (χ1n) is 3.64. The molecular formula is C7H9N5. The van der Waals surface area contributed by atoms with Crippen molar-refractivity contribution in [2.24, 2.45) is 4.99 Å². The van der Waals surface area contributed by atoms with E-state index in [1.807, 2.05) is 7.05 Å². The lowest BCUT2D eigenvalue weighted by atomic mass is 10.2. The van der Waals surface area contributed by atoms with Gasteiger partial charge in [-0.3, -0.25) is 4.99 Å². The Morgan fingerprint density at radius 1 is 1.50 bits per heavy atom. The summed E-state index contributed by atoms with van der Waals surface area (Å²) in [4.78, 5) is 12.1. The van der Waals surface area contributed by atoms with Crippen LogP contribution in [0.2, 0.25) is 0 Å². The summed E-state index contributed by atoms with van der Waals surface area (Å²) in [5.41, 5.74) is 7.14. The van der Waals surface area contributed by atoms with E-state index in [0.29, 0.717) is 11.5 Å². The molecule has 1 aromatic heterocycles. The minimum Gasteiger partial charge on any atom is -0.382 e. The molecule has 5 nitrogen and oxygen atoms in total. The van der Waals surface area contributed by atoms with Crippen LogP contribution in [0.15, 0.2) is 11.3 Å². The average molecular weight is 163 g/mol. The van der Waals surface area contributed by atoms with Crippen LogP contribution in [-0.2, 0) is 0 Å². The lowest BCUT2D eigenvalue weighted by Gasteiger charge is -2.05. The fraction of sp³-hybridized carbons (Fsp3) is 0.286. The predicted octanol–water partition coefficient (Wildman–Crippen LogP) is 0.0352. The number of fused-ring (bicyclic) bond motifs is 1. The number of nitrogens with two attached hydrogens (primary N) is 1. The molecule has 1 aliphatic rings. The Balaban J connectivity index is 2.52. The van der Waals surface area contributed by atoms with Crippen molar-refractivity contribution in [1.82, 2.24) is 15.3 Å². The third kappa shape index (κ3) is 0.868. The number of nitrogens with zero attached hydrogens (tertiary/aromatic N) is 3. The molecular weight excluding hydrogens is 154 g/mol. The second kappa shape index (κ2) is 2.53. The Morgan fingerprint density at radius 2 is 2.33 bits per heavy atom. The number of aliphatic imine (C=N–C) groups is 1. The molecule has 5 heteroatoms. The molecule has 1 aromatic rings. The van der Waals surface area contributed by atoms with E-state index in [0.717, 1.165) is 5.69 Å². The zero-order valence-electron chi connectivity index (χ0n) is 6.65. The van der Waals surface area contributed by atoms with Gasteiger partial charge in [-0.1, -0.05) is 0 Å². The quantitative estimate of drug-likeness (QED) is 0.612. The molecule has 12 heavy (non-hydrogen) atoms. The highest BCUT2D eigenvalue weighted by Gasteiger charge is 2.20. The zero-order valence-corrected chi connectivity index (χ0v) is 6.65. The van der Waals surface area contributed by atoms with Gasteiger partial charge in [-0.15, -0.1) is 0 Å². The van der Waals surface area contributed by atoms with Crippen LogP contribution in [0.5, 0.6) is 0 Å². The molecule has 0 aromatic carbocycles. The summed E-state index contributed by atoms with van der Waals surface area (Å²) < 4.78 is 0. The maximum absolute atomic E-state index is 5.60. The first-order valence-corrected chi connectivity index (χ1v) is 3.64. The van der Waals surface area contributed by atoms with E-state index < -0.39 is 0 Å². The number of nitrogen functional groups attached to an aromatic ring is 1. The molecule has 0 saturated heterocycles. The Kier molecular flexibility index (Phi) is 1.51. The van der Waals surface area contributed by atoms with E-state index in [2.05, 4.69) is 20.3 Å². The first kappa shape index (κ1) is 7.17. The number of aromatic nitrogens is 2. The van der Waals surface area contributed by atoms with Gasteiger partial charge in [0.2, 0.25) is 0 Å². The van der Waals surface area contributed by atoms with Crippen LogP contribution < -0.4 is 11.1 Å². The molecule has 62 valence electrons. The van der Waals surface area contributed by atoms with E-state index in [4.69, 9.17) is 5.73 Å². The smallest absolute Gasteiger partial charge is 0.153 e. The van der Waals surface area contributed by atoms with Gasteiger partial charge in [0.05, 0.1) is 11.7 Å². The van der Waals surface area contributed by atoms with Gasteiger partial charge in [-0.2, -0.15) is 0 Å². The SMILES string of the molecule is CNC1C=Nc2c(N)ncnc21. The number of hydrogen-bond acceptors (Lipinski definition) is 5. The summed E-state index contributed by atoms with van der Waals surface area (Å²) in [6.07, 6.45) is 3.23. The summed E-state index contributed by atoms with van der Waals surface area (Å²) >= 11 is 0. The van der Waals surface area contributed by atoms with Crippen molar-refractivity contribution in [3.8, 4) is 0 Å². The van der Waals surface area contributed by atoms with Crippen LogP contribution in [0.1, 0.15) is 11.7 Å². The van der Waals surface area contributed by atoms with Crippen LogP contribution in [0.4, 0.5) is 11.5 Å². The molecule has 0 aliphatic carbocycles. The molecule has 0 radical (unpaired) electrons. The van der Waals surface area contributed by atoms with Crippen LogP contribution in [-0.4, -0.2) is 23.2 Å². The van der Waals surface area contributed by atoms with Crippen LogP contribution in [0.25, 0.3) is 0 Å².